The van der Waals surface area contributed by atoms with Crippen LogP contribution in [0.3, 0.4) is 0 Å². The van der Waals surface area contributed by atoms with Gasteiger partial charge in [0.05, 0.1) is 13.2 Å². The molecule has 1 aliphatic rings. The summed E-state index contributed by atoms with van der Waals surface area (Å²) in [6.07, 6.45) is 2.19. The molecule has 1 atom stereocenters. The van der Waals surface area contributed by atoms with Crippen molar-refractivity contribution in [1.29, 1.82) is 0 Å². The second-order valence-corrected chi connectivity index (χ2v) is 5.33. The van der Waals surface area contributed by atoms with Gasteiger partial charge in [-0.25, -0.2) is 0 Å². The van der Waals surface area contributed by atoms with Crippen LogP contribution in [0.4, 0.5) is 0 Å². The monoisotopic (exact) mass is 286 g/mol. The fourth-order valence-electron chi connectivity index (χ4n) is 2.35. The van der Waals surface area contributed by atoms with Gasteiger partial charge < -0.3 is 15.8 Å². The lowest BCUT2D eigenvalue weighted by Crippen LogP contribution is -2.33. The summed E-state index contributed by atoms with van der Waals surface area (Å²) in [6.45, 7) is 4.53. The third-order valence-electron chi connectivity index (χ3n) is 3.63. The van der Waals surface area contributed by atoms with Crippen LogP contribution in [-0.2, 0) is 4.74 Å². The molecule has 3 N–H and O–H groups in total. The highest BCUT2D eigenvalue weighted by Gasteiger charge is 2.15. The average molecular weight is 286 g/mol. The minimum Gasteiger partial charge on any atom is -0.381 e. The lowest BCUT2D eigenvalue weighted by molar-refractivity contribution is 0.0536. The van der Waals surface area contributed by atoms with Crippen LogP contribution in [0.5, 0.6) is 0 Å². The van der Waals surface area contributed by atoms with Gasteiger partial charge >= 0.3 is 0 Å². The summed E-state index contributed by atoms with van der Waals surface area (Å²) in [5, 5.41) is 2.98. The van der Waals surface area contributed by atoms with Crippen LogP contribution in [0.2, 0.25) is 0 Å². The van der Waals surface area contributed by atoms with E-state index in [1.165, 1.54) is 0 Å². The standard InChI is InChI=1S/C17H22N2O2/c1-13-6-7-16(10-15(13)5-2-8-18)17(20)19-11-14-4-3-9-21-12-14/h6-7,10,14H,3-4,8-9,11-12,18H2,1H3,(H,19,20). The number of nitrogens with two attached hydrogens (primary N) is 1. The number of hydrogen-bond donors (Lipinski definition) is 2. The number of carbonyl (C=O) groups is 1. The Morgan fingerprint density at radius 3 is 3.10 bits per heavy atom. The van der Waals surface area contributed by atoms with Crippen molar-refractivity contribution >= 4 is 5.91 Å². The highest BCUT2D eigenvalue weighted by atomic mass is 16.5. The van der Waals surface area contributed by atoms with E-state index < -0.39 is 0 Å². The zero-order valence-electron chi connectivity index (χ0n) is 12.4. The molecule has 21 heavy (non-hydrogen) atoms. The zero-order chi connectivity index (χ0) is 15.1. The molecule has 112 valence electrons. The lowest BCUT2D eigenvalue weighted by Gasteiger charge is -2.22. The van der Waals surface area contributed by atoms with E-state index >= 15 is 0 Å². The van der Waals surface area contributed by atoms with Gasteiger partial charge in [-0.2, -0.15) is 0 Å². The smallest absolute Gasteiger partial charge is 0.251 e. The maximum Gasteiger partial charge on any atom is 0.251 e. The van der Waals surface area contributed by atoms with Gasteiger partial charge in [0.15, 0.2) is 0 Å². The van der Waals surface area contributed by atoms with Crippen LogP contribution in [0.25, 0.3) is 0 Å². The second kappa shape index (κ2) is 7.82. The van der Waals surface area contributed by atoms with Gasteiger partial charge in [0, 0.05) is 24.3 Å². The van der Waals surface area contributed by atoms with Crippen LogP contribution in [-0.4, -0.2) is 32.2 Å². The number of aryl methyl sites for hydroxylation is 1. The van der Waals surface area contributed by atoms with E-state index in [0.29, 0.717) is 24.6 Å². The van der Waals surface area contributed by atoms with Crippen LogP contribution in [0, 0.1) is 24.7 Å². The molecule has 1 aromatic rings. The van der Waals surface area contributed by atoms with Crippen molar-refractivity contribution in [2.45, 2.75) is 19.8 Å². The predicted octanol–water partition coefficient (Wildman–Crippen LogP) is 1.46. The van der Waals surface area contributed by atoms with Gasteiger partial charge in [-0.05, 0) is 43.4 Å². The van der Waals surface area contributed by atoms with Crippen molar-refractivity contribution in [3.05, 3.63) is 34.9 Å². The maximum atomic E-state index is 12.2. The van der Waals surface area contributed by atoms with E-state index in [1.54, 1.807) is 0 Å². The molecule has 0 aliphatic carbocycles. The molecule has 0 aromatic heterocycles. The van der Waals surface area contributed by atoms with Crippen LogP contribution >= 0.6 is 0 Å². The topological polar surface area (TPSA) is 64.3 Å². The van der Waals surface area contributed by atoms with Crippen molar-refractivity contribution in [1.82, 2.24) is 5.32 Å². The Morgan fingerprint density at radius 2 is 2.38 bits per heavy atom. The third kappa shape index (κ3) is 4.59. The Hall–Kier alpha value is -1.83. The molecule has 1 aromatic carbocycles. The van der Waals surface area contributed by atoms with E-state index in [9.17, 15) is 4.79 Å². The van der Waals surface area contributed by atoms with Gasteiger partial charge in [-0.3, -0.25) is 4.79 Å². The number of benzene rings is 1. The molecule has 1 aliphatic heterocycles. The fraction of sp³-hybridized carbons (Fsp3) is 0.471. The highest BCUT2D eigenvalue weighted by molar-refractivity contribution is 5.94. The summed E-state index contributed by atoms with van der Waals surface area (Å²) in [6, 6.07) is 5.57. The summed E-state index contributed by atoms with van der Waals surface area (Å²) in [5.41, 5.74) is 7.93. The molecule has 0 saturated carbocycles. The minimum absolute atomic E-state index is 0.0589. The van der Waals surface area contributed by atoms with Gasteiger partial charge in [-0.15, -0.1) is 0 Å². The Balaban J connectivity index is 1.98. The molecular formula is C17H22N2O2. The predicted molar refractivity (Wildman–Crippen MR) is 83.0 cm³/mol. The van der Waals surface area contributed by atoms with Crippen LogP contribution < -0.4 is 11.1 Å². The van der Waals surface area contributed by atoms with Gasteiger partial charge in [0.2, 0.25) is 0 Å². The molecule has 0 spiro atoms. The summed E-state index contributed by atoms with van der Waals surface area (Å²) < 4.78 is 5.42. The maximum absolute atomic E-state index is 12.2. The first-order valence-corrected chi connectivity index (χ1v) is 7.36. The first-order valence-electron chi connectivity index (χ1n) is 7.36. The lowest BCUT2D eigenvalue weighted by atomic mass is 10.0. The van der Waals surface area contributed by atoms with E-state index in [0.717, 1.165) is 37.2 Å². The number of ether oxygens (including phenoxy) is 1. The van der Waals surface area contributed by atoms with E-state index in [4.69, 9.17) is 10.5 Å². The molecule has 2 rings (SSSR count). The molecule has 4 nitrogen and oxygen atoms in total. The number of carbonyl (C=O) groups excluding carboxylic acids is 1. The molecule has 1 saturated heterocycles. The van der Waals surface area contributed by atoms with Crippen molar-refractivity contribution in [2.24, 2.45) is 11.7 Å². The third-order valence-corrected chi connectivity index (χ3v) is 3.63. The summed E-state index contributed by atoms with van der Waals surface area (Å²) in [4.78, 5) is 12.2. The van der Waals surface area contributed by atoms with E-state index in [2.05, 4.69) is 17.2 Å². The Labute approximate surface area is 126 Å². The van der Waals surface area contributed by atoms with Gasteiger partial charge in [0.1, 0.15) is 0 Å². The molecule has 4 heteroatoms. The number of rotatable bonds is 3. The van der Waals surface area contributed by atoms with Crippen molar-refractivity contribution in [2.75, 3.05) is 26.3 Å². The quantitative estimate of drug-likeness (QED) is 0.827. The molecule has 1 heterocycles. The Kier molecular flexibility index (Phi) is 5.79. The molecule has 0 radical (unpaired) electrons. The average Bonchev–Trinajstić information content (AvgIpc) is 2.53. The first kappa shape index (κ1) is 15.6. The summed E-state index contributed by atoms with van der Waals surface area (Å²) in [7, 11) is 0. The molecule has 1 unspecified atom stereocenters. The van der Waals surface area contributed by atoms with Crippen molar-refractivity contribution < 1.29 is 9.53 Å². The summed E-state index contributed by atoms with van der Waals surface area (Å²) >= 11 is 0. The minimum atomic E-state index is -0.0589. The highest BCUT2D eigenvalue weighted by Crippen LogP contribution is 2.13. The number of amides is 1. The SMILES string of the molecule is Cc1ccc(C(=O)NCC2CCCOC2)cc1C#CCN. The Bertz CT molecular complexity index is 552. The van der Waals surface area contributed by atoms with Crippen molar-refractivity contribution in [3.8, 4) is 11.8 Å². The van der Waals surface area contributed by atoms with E-state index in [1.807, 2.05) is 25.1 Å². The number of nitrogens with one attached hydrogen (secondary N) is 1. The zero-order valence-corrected chi connectivity index (χ0v) is 12.4. The fourth-order valence-corrected chi connectivity index (χ4v) is 2.35. The first-order chi connectivity index (χ1) is 10.2. The van der Waals surface area contributed by atoms with E-state index in [-0.39, 0.29) is 5.91 Å². The molecular weight excluding hydrogens is 264 g/mol. The molecule has 1 amide bonds. The summed E-state index contributed by atoms with van der Waals surface area (Å²) in [5.74, 6) is 6.19. The largest absolute Gasteiger partial charge is 0.381 e. The van der Waals surface area contributed by atoms with Crippen LogP contribution in [0.1, 0.15) is 34.3 Å². The van der Waals surface area contributed by atoms with Crippen molar-refractivity contribution in [3.63, 3.8) is 0 Å². The number of hydrogen-bond acceptors (Lipinski definition) is 3. The Morgan fingerprint density at radius 1 is 1.52 bits per heavy atom. The molecule has 0 bridgehead atoms. The van der Waals surface area contributed by atoms with Gasteiger partial charge in [0.25, 0.3) is 5.91 Å². The van der Waals surface area contributed by atoms with Crippen LogP contribution in [0.15, 0.2) is 18.2 Å². The molecule has 1 fully saturated rings. The normalized spacial score (nSPS) is 17.7. The van der Waals surface area contributed by atoms with Gasteiger partial charge in [-0.1, -0.05) is 17.9 Å². The second-order valence-electron chi connectivity index (χ2n) is 5.33.